The van der Waals surface area contributed by atoms with Crippen molar-refractivity contribution in [2.45, 2.75) is 39.0 Å². The normalized spacial score (nSPS) is 11.2. The van der Waals surface area contributed by atoms with Gasteiger partial charge in [0.2, 0.25) is 0 Å². The Kier molecular flexibility index (Phi) is 9.89. The number of benzene rings is 5. The van der Waals surface area contributed by atoms with Crippen molar-refractivity contribution in [2.75, 3.05) is 18.9 Å². The van der Waals surface area contributed by atoms with Gasteiger partial charge in [-0.1, -0.05) is 106 Å². The zero-order valence-corrected chi connectivity index (χ0v) is 26.7. The summed E-state index contributed by atoms with van der Waals surface area (Å²) in [5.74, 6) is 1.74. The Labute approximate surface area is 268 Å². The zero-order chi connectivity index (χ0) is 31.8. The Bertz CT molecular complexity index is 1600. The van der Waals surface area contributed by atoms with Crippen molar-refractivity contribution in [1.82, 2.24) is 0 Å². The smallest absolute Gasteiger partial charge is 0.119 e. The lowest BCUT2D eigenvalue weighted by atomic mass is 9.82. The molecule has 5 aromatic carbocycles. The molecular formula is C42H43NO2. The van der Waals surface area contributed by atoms with Crippen molar-refractivity contribution in [3.63, 3.8) is 0 Å². The molecule has 0 atom stereocenters. The predicted molar refractivity (Wildman–Crippen MR) is 192 cm³/mol. The number of hydrogen-bond acceptors (Lipinski definition) is 3. The molecule has 0 radical (unpaired) electrons. The first kappa shape index (κ1) is 31.4. The number of hydrogen-bond donors (Lipinski definition) is 1. The Morgan fingerprint density at radius 3 is 1.16 bits per heavy atom. The van der Waals surface area contributed by atoms with Crippen LogP contribution in [0, 0.1) is 0 Å². The van der Waals surface area contributed by atoms with E-state index in [9.17, 15) is 0 Å². The van der Waals surface area contributed by atoms with Crippen molar-refractivity contribution >= 4 is 5.69 Å². The molecule has 0 aliphatic rings. The molecule has 0 aromatic heterocycles. The third-order valence-electron chi connectivity index (χ3n) is 7.99. The molecule has 0 saturated carbocycles. The van der Waals surface area contributed by atoms with Crippen LogP contribution in [0.5, 0.6) is 11.5 Å². The Hall–Kier alpha value is -5.02. The SMILES string of the molecule is C=CCCOc1ccc(-c2ccc(-c3cc(C(C)(C)C)cc(-c4ccc(-c5ccc(OCCC=C)cc5)cc4)c3N)cc2)cc1. The minimum absolute atomic E-state index is 0.0396. The summed E-state index contributed by atoms with van der Waals surface area (Å²) in [6, 6.07) is 38.3. The lowest BCUT2D eigenvalue weighted by Crippen LogP contribution is -2.12. The number of nitrogens with two attached hydrogens (primary N) is 1. The van der Waals surface area contributed by atoms with E-state index in [1.807, 2.05) is 36.4 Å². The Balaban J connectivity index is 1.41. The van der Waals surface area contributed by atoms with E-state index < -0.39 is 0 Å². The van der Waals surface area contributed by atoms with Crippen LogP contribution < -0.4 is 15.2 Å². The van der Waals surface area contributed by atoms with Gasteiger partial charge in [0.15, 0.2) is 0 Å². The largest absolute Gasteiger partial charge is 0.493 e. The number of anilines is 1. The van der Waals surface area contributed by atoms with Crippen LogP contribution in [0.15, 0.2) is 135 Å². The molecule has 3 heteroatoms. The van der Waals surface area contributed by atoms with Crippen LogP contribution >= 0.6 is 0 Å². The summed E-state index contributed by atoms with van der Waals surface area (Å²) in [4.78, 5) is 0. The Morgan fingerprint density at radius 2 is 0.844 bits per heavy atom. The molecular weight excluding hydrogens is 550 g/mol. The fraction of sp³-hybridized carbons (Fsp3) is 0.190. The van der Waals surface area contributed by atoms with Gasteiger partial charge in [0.05, 0.1) is 13.2 Å². The van der Waals surface area contributed by atoms with Gasteiger partial charge in [0, 0.05) is 16.8 Å². The summed E-state index contributed by atoms with van der Waals surface area (Å²) in [5.41, 5.74) is 17.8. The topological polar surface area (TPSA) is 44.5 Å². The van der Waals surface area contributed by atoms with Crippen LogP contribution in [-0.2, 0) is 5.41 Å². The average molecular weight is 594 g/mol. The van der Waals surface area contributed by atoms with E-state index >= 15 is 0 Å². The zero-order valence-electron chi connectivity index (χ0n) is 26.7. The van der Waals surface area contributed by atoms with Gasteiger partial charge in [-0.2, -0.15) is 0 Å². The van der Waals surface area contributed by atoms with Gasteiger partial charge in [0.25, 0.3) is 0 Å². The highest BCUT2D eigenvalue weighted by Gasteiger charge is 2.20. The average Bonchev–Trinajstić information content (AvgIpc) is 3.05. The Morgan fingerprint density at radius 1 is 0.533 bits per heavy atom. The van der Waals surface area contributed by atoms with E-state index in [0.29, 0.717) is 13.2 Å². The summed E-state index contributed by atoms with van der Waals surface area (Å²) in [6.07, 6.45) is 5.39. The predicted octanol–water partition coefficient (Wildman–Crippen LogP) is 11.1. The van der Waals surface area contributed by atoms with E-state index in [-0.39, 0.29) is 5.41 Å². The van der Waals surface area contributed by atoms with Crippen molar-refractivity contribution in [3.8, 4) is 56.0 Å². The molecule has 0 aliphatic heterocycles. The van der Waals surface area contributed by atoms with Crippen LogP contribution in [0.1, 0.15) is 39.2 Å². The van der Waals surface area contributed by atoms with Gasteiger partial charge in [-0.15, -0.1) is 13.2 Å². The van der Waals surface area contributed by atoms with E-state index in [2.05, 4.69) is 119 Å². The third kappa shape index (κ3) is 7.74. The highest BCUT2D eigenvalue weighted by atomic mass is 16.5. The molecule has 5 rings (SSSR count). The second-order valence-corrected chi connectivity index (χ2v) is 12.3. The van der Waals surface area contributed by atoms with Crippen molar-refractivity contribution in [3.05, 3.63) is 140 Å². The standard InChI is InChI=1S/C42H43NO2/c1-6-8-26-44-37-22-18-32(19-23-37)30-10-14-34(15-11-30)39-28-36(42(3,4)5)29-40(41(39)43)35-16-12-31(13-17-35)33-20-24-38(25-21-33)45-27-9-7-2/h6-7,10-25,28-29H,1-2,8-9,26-27,43H2,3-5H3. The molecule has 0 amide bonds. The number of nitrogen functional groups attached to an aromatic ring is 1. The maximum atomic E-state index is 6.95. The first-order valence-corrected chi connectivity index (χ1v) is 15.6. The highest BCUT2D eigenvalue weighted by molar-refractivity contribution is 5.90. The minimum atomic E-state index is -0.0396. The van der Waals surface area contributed by atoms with Crippen LogP contribution in [0.2, 0.25) is 0 Å². The second kappa shape index (κ2) is 14.2. The first-order valence-electron chi connectivity index (χ1n) is 15.6. The molecule has 0 aliphatic carbocycles. The van der Waals surface area contributed by atoms with Gasteiger partial charge in [-0.25, -0.2) is 0 Å². The quantitative estimate of drug-likeness (QED) is 0.0889. The van der Waals surface area contributed by atoms with Gasteiger partial charge < -0.3 is 15.2 Å². The molecule has 0 spiro atoms. The minimum Gasteiger partial charge on any atom is -0.493 e. The molecule has 0 heterocycles. The molecule has 0 bridgehead atoms. The number of rotatable bonds is 12. The molecule has 228 valence electrons. The second-order valence-electron chi connectivity index (χ2n) is 12.3. The van der Waals surface area contributed by atoms with E-state index in [4.69, 9.17) is 15.2 Å². The maximum Gasteiger partial charge on any atom is 0.119 e. The first-order chi connectivity index (χ1) is 21.8. The molecule has 0 fully saturated rings. The molecule has 3 nitrogen and oxygen atoms in total. The summed E-state index contributed by atoms with van der Waals surface area (Å²) in [6.45, 7) is 15.5. The number of ether oxygens (including phenoxy) is 2. The highest BCUT2D eigenvalue weighted by Crippen LogP contribution is 2.40. The van der Waals surface area contributed by atoms with Crippen LogP contribution in [-0.4, -0.2) is 13.2 Å². The van der Waals surface area contributed by atoms with E-state index in [1.165, 1.54) is 5.56 Å². The fourth-order valence-corrected chi connectivity index (χ4v) is 5.26. The van der Waals surface area contributed by atoms with E-state index in [1.54, 1.807) is 0 Å². The van der Waals surface area contributed by atoms with Gasteiger partial charge in [-0.3, -0.25) is 0 Å². The van der Waals surface area contributed by atoms with Crippen LogP contribution in [0.25, 0.3) is 44.5 Å². The van der Waals surface area contributed by atoms with Crippen molar-refractivity contribution in [2.24, 2.45) is 0 Å². The monoisotopic (exact) mass is 593 g/mol. The van der Waals surface area contributed by atoms with Gasteiger partial charge in [0.1, 0.15) is 11.5 Å². The summed E-state index contributed by atoms with van der Waals surface area (Å²) >= 11 is 0. The summed E-state index contributed by atoms with van der Waals surface area (Å²) in [5, 5.41) is 0. The van der Waals surface area contributed by atoms with Crippen LogP contribution in [0.4, 0.5) is 5.69 Å². The lowest BCUT2D eigenvalue weighted by molar-refractivity contribution is 0.325. The summed E-state index contributed by atoms with van der Waals surface area (Å²) in [7, 11) is 0. The molecule has 0 saturated heterocycles. The van der Waals surface area contributed by atoms with Gasteiger partial charge >= 0.3 is 0 Å². The summed E-state index contributed by atoms with van der Waals surface area (Å²) < 4.78 is 11.5. The fourth-order valence-electron chi connectivity index (χ4n) is 5.26. The van der Waals surface area contributed by atoms with Gasteiger partial charge in [-0.05, 0) is 93.6 Å². The molecule has 0 unspecified atom stereocenters. The maximum absolute atomic E-state index is 6.95. The molecule has 5 aromatic rings. The third-order valence-corrected chi connectivity index (χ3v) is 7.99. The van der Waals surface area contributed by atoms with Crippen LogP contribution in [0.3, 0.4) is 0 Å². The van der Waals surface area contributed by atoms with Crippen molar-refractivity contribution in [1.29, 1.82) is 0 Å². The molecule has 2 N–H and O–H groups in total. The van der Waals surface area contributed by atoms with E-state index in [0.717, 1.165) is 74.5 Å². The van der Waals surface area contributed by atoms with Crippen molar-refractivity contribution < 1.29 is 9.47 Å². The molecule has 45 heavy (non-hydrogen) atoms. The lowest BCUT2D eigenvalue weighted by Gasteiger charge is -2.23.